The largest absolute Gasteiger partial charge is 0.294 e. The minimum atomic E-state index is -0.543. The quantitative estimate of drug-likeness (QED) is 0.522. The van der Waals surface area contributed by atoms with E-state index < -0.39 is 10.8 Å². The molecule has 2 N–H and O–H groups in total. The molecule has 0 aliphatic rings. The third-order valence-corrected chi connectivity index (χ3v) is 4.71. The topological polar surface area (TPSA) is 97.2 Å². The minimum absolute atomic E-state index is 0.152. The number of carbonyl (C=O) groups is 1. The standard InChI is InChI=1S/C17H13FN4O3S/c1-10-15(26-17(19-10)11-6-8-12(18)9-7-11)16(23)21-20-13-4-2-3-5-14(13)22(24)25/h2-9,20H,1H3,(H,21,23). The maximum absolute atomic E-state index is 13.0. The van der Waals surface area contributed by atoms with Gasteiger partial charge in [-0.2, -0.15) is 0 Å². The Morgan fingerprint density at radius 2 is 1.88 bits per heavy atom. The Balaban J connectivity index is 1.77. The molecule has 3 rings (SSSR count). The first-order chi connectivity index (χ1) is 12.5. The highest BCUT2D eigenvalue weighted by Gasteiger charge is 2.18. The number of halogens is 1. The summed E-state index contributed by atoms with van der Waals surface area (Å²) in [5.41, 5.74) is 6.24. The fourth-order valence-corrected chi connectivity index (χ4v) is 3.21. The van der Waals surface area contributed by atoms with E-state index in [2.05, 4.69) is 15.8 Å². The monoisotopic (exact) mass is 372 g/mol. The molecule has 0 spiro atoms. The highest BCUT2D eigenvalue weighted by molar-refractivity contribution is 7.17. The van der Waals surface area contributed by atoms with Crippen LogP contribution in [0, 0.1) is 22.9 Å². The summed E-state index contributed by atoms with van der Waals surface area (Å²) < 4.78 is 13.0. The SMILES string of the molecule is Cc1nc(-c2ccc(F)cc2)sc1C(=O)NNc1ccccc1[N+](=O)[O-]. The Labute approximate surface area is 151 Å². The van der Waals surface area contributed by atoms with Crippen molar-refractivity contribution in [3.8, 4) is 10.6 Å². The third kappa shape index (κ3) is 3.67. The fourth-order valence-electron chi connectivity index (χ4n) is 2.24. The van der Waals surface area contributed by atoms with Gasteiger partial charge in [-0.15, -0.1) is 11.3 Å². The Bertz CT molecular complexity index is 972. The lowest BCUT2D eigenvalue weighted by atomic mass is 10.2. The molecule has 132 valence electrons. The molecule has 26 heavy (non-hydrogen) atoms. The van der Waals surface area contributed by atoms with Gasteiger partial charge in [-0.05, 0) is 37.3 Å². The number of hydrogen-bond donors (Lipinski definition) is 2. The van der Waals surface area contributed by atoms with Gasteiger partial charge in [0.2, 0.25) is 0 Å². The maximum Gasteiger partial charge on any atom is 0.294 e. The van der Waals surface area contributed by atoms with E-state index in [4.69, 9.17) is 0 Å². The van der Waals surface area contributed by atoms with Gasteiger partial charge in [-0.3, -0.25) is 25.8 Å². The lowest BCUT2D eigenvalue weighted by molar-refractivity contribution is -0.384. The number of benzene rings is 2. The molecule has 0 unspecified atom stereocenters. The molecule has 0 saturated heterocycles. The minimum Gasteiger partial charge on any atom is -0.292 e. The van der Waals surface area contributed by atoms with Crippen molar-refractivity contribution in [3.63, 3.8) is 0 Å². The van der Waals surface area contributed by atoms with Crippen molar-refractivity contribution >= 4 is 28.6 Å². The Morgan fingerprint density at radius 1 is 1.19 bits per heavy atom. The van der Waals surface area contributed by atoms with Crippen LogP contribution < -0.4 is 10.9 Å². The second-order valence-electron chi connectivity index (χ2n) is 5.29. The van der Waals surface area contributed by atoms with E-state index in [1.54, 1.807) is 25.1 Å². The van der Waals surface area contributed by atoms with Crippen molar-refractivity contribution in [1.29, 1.82) is 0 Å². The molecule has 1 amide bonds. The Morgan fingerprint density at radius 3 is 2.58 bits per heavy atom. The van der Waals surface area contributed by atoms with E-state index in [1.807, 2.05) is 0 Å². The van der Waals surface area contributed by atoms with E-state index in [-0.39, 0.29) is 17.2 Å². The number of nitrogens with one attached hydrogen (secondary N) is 2. The molecule has 2 aromatic carbocycles. The van der Waals surface area contributed by atoms with Crippen molar-refractivity contribution in [2.75, 3.05) is 5.43 Å². The average Bonchev–Trinajstić information content (AvgIpc) is 3.02. The molecule has 1 heterocycles. The van der Waals surface area contributed by atoms with Gasteiger partial charge in [0.1, 0.15) is 21.4 Å². The van der Waals surface area contributed by atoms with Crippen molar-refractivity contribution in [2.45, 2.75) is 6.92 Å². The van der Waals surface area contributed by atoms with Crippen molar-refractivity contribution in [1.82, 2.24) is 10.4 Å². The van der Waals surface area contributed by atoms with E-state index in [9.17, 15) is 19.3 Å². The van der Waals surface area contributed by atoms with Gasteiger partial charge in [-0.25, -0.2) is 9.37 Å². The van der Waals surface area contributed by atoms with Gasteiger partial charge in [0, 0.05) is 11.6 Å². The zero-order valence-corrected chi connectivity index (χ0v) is 14.3. The summed E-state index contributed by atoms with van der Waals surface area (Å²) in [4.78, 5) is 27.5. The summed E-state index contributed by atoms with van der Waals surface area (Å²) in [5.74, 6) is -0.819. The molecule has 0 aliphatic heterocycles. The molecule has 0 saturated carbocycles. The van der Waals surface area contributed by atoms with Crippen LogP contribution in [0.3, 0.4) is 0 Å². The molecular weight excluding hydrogens is 359 g/mol. The summed E-state index contributed by atoms with van der Waals surface area (Å²) in [6.45, 7) is 1.68. The van der Waals surface area contributed by atoms with Gasteiger partial charge in [-0.1, -0.05) is 12.1 Å². The molecule has 0 radical (unpaired) electrons. The number of aryl methyl sites for hydroxylation is 1. The average molecular weight is 372 g/mol. The van der Waals surface area contributed by atoms with Crippen molar-refractivity contribution in [3.05, 3.63) is 75.0 Å². The fraction of sp³-hybridized carbons (Fsp3) is 0.0588. The number of thiazole rings is 1. The highest BCUT2D eigenvalue weighted by Crippen LogP contribution is 2.28. The summed E-state index contributed by atoms with van der Waals surface area (Å²) >= 11 is 1.15. The van der Waals surface area contributed by atoms with Crippen LogP contribution >= 0.6 is 11.3 Å². The van der Waals surface area contributed by atoms with Gasteiger partial charge >= 0.3 is 0 Å². The smallest absolute Gasteiger partial charge is 0.292 e. The number of hydrazine groups is 1. The molecule has 0 aliphatic carbocycles. The first kappa shape index (κ1) is 17.5. The molecule has 3 aromatic rings. The first-order valence-electron chi connectivity index (χ1n) is 7.49. The number of para-hydroxylation sites is 2. The normalized spacial score (nSPS) is 10.4. The molecule has 0 atom stereocenters. The maximum atomic E-state index is 13.0. The van der Waals surface area contributed by atoms with Gasteiger partial charge in [0.25, 0.3) is 11.6 Å². The van der Waals surface area contributed by atoms with Crippen molar-refractivity contribution < 1.29 is 14.1 Å². The van der Waals surface area contributed by atoms with Crippen LogP contribution in [0.1, 0.15) is 15.4 Å². The Kier molecular flexibility index (Phi) is 4.90. The van der Waals surface area contributed by atoms with Crippen LogP contribution in [-0.2, 0) is 0 Å². The number of nitro benzene ring substituents is 1. The predicted octanol–water partition coefficient (Wildman–Crippen LogP) is 3.92. The lowest BCUT2D eigenvalue weighted by Gasteiger charge is -2.07. The van der Waals surface area contributed by atoms with E-state index in [0.29, 0.717) is 21.1 Å². The Hall–Kier alpha value is -3.33. The number of anilines is 1. The predicted molar refractivity (Wildman–Crippen MR) is 96.4 cm³/mol. The number of hydrogen-bond acceptors (Lipinski definition) is 6. The second kappa shape index (κ2) is 7.28. The summed E-state index contributed by atoms with van der Waals surface area (Å²) in [5, 5.41) is 11.6. The molecule has 0 fully saturated rings. The van der Waals surface area contributed by atoms with Crippen molar-refractivity contribution in [2.24, 2.45) is 0 Å². The van der Waals surface area contributed by atoms with Crippen LogP contribution in [0.4, 0.5) is 15.8 Å². The molecule has 0 bridgehead atoms. The van der Waals surface area contributed by atoms with Crippen LogP contribution in [0.25, 0.3) is 10.6 Å². The van der Waals surface area contributed by atoms with Crippen LogP contribution in [-0.4, -0.2) is 15.8 Å². The second-order valence-corrected chi connectivity index (χ2v) is 6.29. The number of carbonyl (C=O) groups excluding carboxylic acids is 1. The summed E-state index contributed by atoms with van der Waals surface area (Å²) in [6.07, 6.45) is 0. The number of aromatic nitrogens is 1. The highest BCUT2D eigenvalue weighted by atomic mass is 32.1. The number of rotatable bonds is 5. The van der Waals surface area contributed by atoms with Crippen LogP contribution in [0.15, 0.2) is 48.5 Å². The zero-order chi connectivity index (χ0) is 18.7. The van der Waals surface area contributed by atoms with Gasteiger partial charge < -0.3 is 0 Å². The van der Waals surface area contributed by atoms with Crippen LogP contribution in [0.2, 0.25) is 0 Å². The molecule has 1 aromatic heterocycles. The molecule has 7 nitrogen and oxygen atoms in total. The molecular formula is C17H13FN4O3S. The number of amides is 1. The summed E-state index contributed by atoms with van der Waals surface area (Å²) in [6, 6.07) is 11.8. The lowest BCUT2D eigenvalue weighted by Crippen LogP contribution is -2.29. The van der Waals surface area contributed by atoms with Gasteiger partial charge in [0.05, 0.1) is 10.6 Å². The van der Waals surface area contributed by atoms with E-state index in [1.165, 1.54) is 30.3 Å². The van der Waals surface area contributed by atoms with Gasteiger partial charge in [0.15, 0.2) is 0 Å². The number of nitrogens with zero attached hydrogens (tertiary/aromatic N) is 2. The third-order valence-electron chi connectivity index (χ3n) is 3.51. The first-order valence-corrected chi connectivity index (χ1v) is 8.30. The number of nitro groups is 1. The summed E-state index contributed by atoms with van der Waals surface area (Å²) in [7, 11) is 0. The molecule has 9 heteroatoms. The van der Waals surface area contributed by atoms with E-state index in [0.717, 1.165) is 11.3 Å². The zero-order valence-electron chi connectivity index (χ0n) is 13.5. The van der Waals surface area contributed by atoms with Crippen LogP contribution in [0.5, 0.6) is 0 Å². The van der Waals surface area contributed by atoms with E-state index >= 15 is 0 Å².